The van der Waals surface area contributed by atoms with E-state index in [0.717, 1.165) is 66.1 Å². The van der Waals surface area contributed by atoms with E-state index in [9.17, 15) is 0 Å². The molecule has 5 rings (SSSR count). The molecule has 1 N–H and O–H groups in total. The molecular formula is C25H24ClN5. The van der Waals surface area contributed by atoms with E-state index in [1.807, 2.05) is 42.5 Å². The third kappa shape index (κ3) is 4.28. The molecule has 0 aliphatic carbocycles. The summed E-state index contributed by atoms with van der Waals surface area (Å²) in [5.41, 5.74) is 3.27. The first kappa shape index (κ1) is 19.6. The quantitative estimate of drug-likeness (QED) is 0.471. The number of halogens is 1. The minimum absolute atomic E-state index is 0.724. The van der Waals surface area contributed by atoms with Gasteiger partial charge >= 0.3 is 0 Å². The summed E-state index contributed by atoms with van der Waals surface area (Å²) in [5, 5.41) is 5.36. The van der Waals surface area contributed by atoms with Crippen molar-refractivity contribution in [1.82, 2.24) is 9.97 Å². The van der Waals surface area contributed by atoms with Crippen molar-refractivity contribution < 1.29 is 0 Å². The number of anilines is 3. The van der Waals surface area contributed by atoms with Gasteiger partial charge < -0.3 is 15.1 Å². The van der Waals surface area contributed by atoms with Gasteiger partial charge in [-0.2, -0.15) is 4.98 Å². The number of nitrogens with zero attached hydrogens (tertiary/aromatic N) is 4. The molecule has 5 nitrogen and oxygen atoms in total. The highest BCUT2D eigenvalue weighted by Crippen LogP contribution is 2.28. The summed E-state index contributed by atoms with van der Waals surface area (Å²) in [5.74, 6) is 1.64. The summed E-state index contributed by atoms with van der Waals surface area (Å²) in [4.78, 5) is 14.4. The van der Waals surface area contributed by atoms with Crippen LogP contribution in [0.15, 0.2) is 78.9 Å². The molecule has 4 aromatic rings. The van der Waals surface area contributed by atoms with E-state index in [4.69, 9.17) is 21.6 Å². The second-order valence-electron chi connectivity index (χ2n) is 7.65. The van der Waals surface area contributed by atoms with E-state index in [1.165, 1.54) is 5.56 Å². The van der Waals surface area contributed by atoms with Gasteiger partial charge in [0.05, 0.1) is 16.2 Å². The van der Waals surface area contributed by atoms with Gasteiger partial charge in [-0.25, -0.2) is 4.98 Å². The maximum Gasteiger partial charge on any atom is 0.228 e. The Labute approximate surface area is 187 Å². The third-order valence-corrected chi connectivity index (χ3v) is 5.97. The lowest BCUT2D eigenvalue weighted by atomic mass is 10.2. The zero-order chi connectivity index (χ0) is 21.0. The van der Waals surface area contributed by atoms with E-state index in [-0.39, 0.29) is 0 Å². The minimum atomic E-state index is 0.724. The molecule has 6 heteroatoms. The van der Waals surface area contributed by atoms with Crippen LogP contribution < -0.4 is 15.1 Å². The summed E-state index contributed by atoms with van der Waals surface area (Å²) in [7, 11) is 0. The second kappa shape index (κ2) is 8.82. The van der Waals surface area contributed by atoms with Gasteiger partial charge in [-0.05, 0) is 29.8 Å². The van der Waals surface area contributed by atoms with Gasteiger partial charge in [0.15, 0.2) is 0 Å². The van der Waals surface area contributed by atoms with Gasteiger partial charge in [-0.15, -0.1) is 0 Å². The van der Waals surface area contributed by atoms with Gasteiger partial charge in [0, 0.05) is 38.1 Å². The molecule has 1 aliphatic rings. The molecule has 0 saturated carbocycles. The van der Waals surface area contributed by atoms with Gasteiger partial charge in [-0.3, -0.25) is 0 Å². The number of hydrogen-bond acceptors (Lipinski definition) is 5. The average Bonchev–Trinajstić information content (AvgIpc) is 2.83. The summed E-state index contributed by atoms with van der Waals surface area (Å²) < 4.78 is 0. The number of nitrogens with one attached hydrogen (secondary N) is 1. The zero-order valence-electron chi connectivity index (χ0n) is 17.2. The first-order valence-corrected chi connectivity index (χ1v) is 10.9. The molecule has 1 aliphatic heterocycles. The van der Waals surface area contributed by atoms with Crippen molar-refractivity contribution >= 4 is 40.0 Å². The van der Waals surface area contributed by atoms with E-state index < -0.39 is 0 Å². The number of hydrogen-bond donors (Lipinski definition) is 1. The van der Waals surface area contributed by atoms with Crippen LogP contribution in [0.1, 0.15) is 5.56 Å². The van der Waals surface area contributed by atoms with Crippen molar-refractivity contribution in [2.24, 2.45) is 0 Å². The van der Waals surface area contributed by atoms with Crippen LogP contribution in [-0.4, -0.2) is 36.1 Å². The van der Waals surface area contributed by atoms with Crippen molar-refractivity contribution in [2.75, 3.05) is 41.3 Å². The molecule has 3 aromatic carbocycles. The number of benzene rings is 3. The standard InChI is InChI=1S/C25H24ClN5/c26-21-11-5-7-13-23(21)30-14-16-31(17-15-30)25-28-22-12-6-4-10-20(22)24(29-25)27-18-19-8-2-1-3-9-19/h1-13H,14-18H2,(H,27,28,29). The van der Waals surface area contributed by atoms with Gasteiger partial charge in [0.1, 0.15) is 5.82 Å². The van der Waals surface area contributed by atoms with Gasteiger partial charge in [-0.1, -0.05) is 66.2 Å². The molecule has 2 heterocycles. The van der Waals surface area contributed by atoms with Crippen LogP contribution in [0.25, 0.3) is 10.9 Å². The van der Waals surface area contributed by atoms with Crippen LogP contribution in [0.4, 0.5) is 17.5 Å². The van der Waals surface area contributed by atoms with Crippen LogP contribution in [0.2, 0.25) is 5.02 Å². The Morgan fingerprint density at radius 1 is 0.742 bits per heavy atom. The predicted octanol–water partition coefficient (Wildman–Crippen LogP) is 5.22. The Morgan fingerprint density at radius 3 is 2.23 bits per heavy atom. The zero-order valence-corrected chi connectivity index (χ0v) is 18.0. The maximum atomic E-state index is 6.39. The Bertz CT molecular complexity index is 1170. The molecule has 1 saturated heterocycles. The number of rotatable bonds is 5. The molecule has 0 amide bonds. The molecule has 0 radical (unpaired) electrons. The van der Waals surface area contributed by atoms with Crippen molar-refractivity contribution in [3.05, 3.63) is 89.4 Å². The van der Waals surface area contributed by atoms with E-state index in [0.29, 0.717) is 0 Å². The van der Waals surface area contributed by atoms with Crippen molar-refractivity contribution in [1.29, 1.82) is 0 Å². The predicted molar refractivity (Wildman–Crippen MR) is 129 cm³/mol. The molecule has 0 spiro atoms. The average molecular weight is 430 g/mol. The van der Waals surface area contributed by atoms with Crippen molar-refractivity contribution in [3.8, 4) is 0 Å². The van der Waals surface area contributed by atoms with Crippen molar-refractivity contribution in [3.63, 3.8) is 0 Å². The molecule has 0 atom stereocenters. The molecule has 1 fully saturated rings. The smallest absolute Gasteiger partial charge is 0.228 e. The minimum Gasteiger partial charge on any atom is -0.367 e. The van der Waals surface area contributed by atoms with Gasteiger partial charge in [0.2, 0.25) is 5.95 Å². The monoisotopic (exact) mass is 429 g/mol. The Hall–Kier alpha value is -3.31. The lowest BCUT2D eigenvalue weighted by molar-refractivity contribution is 0.641. The summed E-state index contributed by atoms with van der Waals surface area (Å²) in [6.45, 7) is 4.18. The topological polar surface area (TPSA) is 44.3 Å². The number of aromatic nitrogens is 2. The Balaban J connectivity index is 1.37. The number of piperazine rings is 1. The van der Waals surface area contributed by atoms with Crippen LogP contribution in [0.5, 0.6) is 0 Å². The summed E-state index contributed by atoms with van der Waals surface area (Å²) >= 11 is 6.39. The van der Waals surface area contributed by atoms with Crippen LogP contribution in [0, 0.1) is 0 Å². The van der Waals surface area contributed by atoms with Gasteiger partial charge in [0.25, 0.3) is 0 Å². The van der Waals surface area contributed by atoms with Crippen LogP contribution in [0.3, 0.4) is 0 Å². The highest BCUT2D eigenvalue weighted by molar-refractivity contribution is 6.33. The fourth-order valence-electron chi connectivity index (χ4n) is 3.98. The Kier molecular flexibility index (Phi) is 5.59. The SMILES string of the molecule is Clc1ccccc1N1CCN(c2nc(NCc3ccccc3)c3ccccc3n2)CC1. The highest BCUT2D eigenvalue weighted by Gasteiger charge is 2.21. The first-order valence-electron chi connectivity index (χ1n) is 10.6. The fourth-order valence-corrected chi connectivity index (χ4v) is 4.23. The second-order valence-corrected chi connectivity index (χ2v) is 8.06. The molecule has 1 aromatic heterocycles. The number of para-hydroxylation sites is 2. The third-order valence-electron chi connectivity index (χ3n) is 5.65. The van der Waals surface area contributed by atoms with Crippen LogP contribution >= 0.6 is 11.6 Å². The normalized spacial score (nSPS) is 14.1. The highest BCUT2D eigenvalue weighted by atomic mass is 35.5. The van der Waals surface area contributed by atoms with Crippen LogP contribution in [-0.2, 0) is 6.54 Å². The largest absolute Gasteiger partial charge is 0.367 e. The lowest BCUT2D eigenvalue weighted by Crippen LogP contribution is -2.47. The molecule has 156 valence electrons. The number of fused-ring (bicyclic) bond motifs is 1. The molecule has 0 unspecified atom stereocenters. The first-order chi connectivity index (χ1) is 15.3. The lowest BCUT2D eigenvalue weighted by Gasteiger charge is -2.36. The molecular weight excluding hydrogens is 406 g/mol. The molecule has 0 bridgehead atoms. The fraction of sp³-hybridized carbons (Fsp3) is 0.200. The molecule has 31 heavy (non-hydrogen) atoms. The van der Waals surface area contributed by atoms with Crippen molar-refractivity contribution in [2.45, 2.75) is 6.54 Å². The van der Waals surface area contributed by atoms with E-state index >= 15 is 0 Å². The summed E-state index contributed by atoms with van der Waals surface area (Å²) in [6, 6.07) is 26.6. The summed E-state index contributed by atoms with van der Waals surface area (Å²) in [6.07, 6.45) is 0. The Morgan fingerprint density at radius 2 is 1.42 bits per heavy atom. The van der Waals surface area contributed by atoms with E-state index in [1.54, 1.807) is 0 Å². The maximum absolute atomic E-state index is 6.39. The van der Waals surface area contributed by atoms with E-state index in [2.05, 4.69) is 51.5 Å².